The van der Waals surface area contributed by atoms with Gasteiger partial charge in [0.2, 0.25) is 0 Å². The monoisotopic (exact) mass is 407 g/mol. The van der Waals surface area contributed by atoms with Gasteiger partial charge in [-0.05, 0) is 45.0 Å². The van der Waals surface area contributed by atoms with Gasteiger partial charge in [-0.1, -0.05) is 17.7 Å². The molecule has 0 bridgehead atoms. The lowest BCUT2D eigenvalue weighted by atomic mass is 10.1. The first-order valence-corrected chi connectivity index (χ1v) is 8.49. The minimum Gasteiger partial charge on any atom is -0.406 e. The average molecular weight is 407 g/mol. The molecule has 0 amide bonds. The summed E-state index contributed by atoms with van der Waals surface area (Å²) in [6.45, 7) is 6.22. The van der Waals surface area contributed by atoms with Gasteiger partial charge in [0.25, 0.3) is 0 Å². The van der Waals surface area contributed by atoms with Crippen molar-refractivity contribution in [1.82, 2.24) is 0 Å². The van der Waals surface area contributed by atoms with Crippen molar-refractivity contribution in [2.45, 2.75) is 27.1 Å². The molecule has 0 aromatic heterocycles. The van der Waals surface area contributed by atoms with E-state index in [-0.39, 0.29) is 5.75 Å². The molecule has 0 N–H and O–H groups in total. The third kappa shape index (κ3) is 4.62. The zero-order valence-electron chi connectivity index (χ0n) is 11.9. The van der Waals surface area contributed by atoms with Crippen molar-refractivity contribution in [3.63, 3.8) is 0 Å². The third-order valence-electron chi connectivity index (χ3n) is 2.83. The van der Waals surface area contributed by atoms with Crippen LogP contribution < -0.4 is 25.9 Å². The van der Waals surface area contributed by atoms with Crippen LogP contribution in [0.1, 0.15) is 16.7 Å². The predicted octanol–water partition coefficient (Wildman–Crippen LogP) is 1.64. The molecule has 0 unspecified atom stereocenters. The Labute approximate surface area is 132 Å². The number of benzene rings is 2. The van der Waals surface area contributed by atoms with E-state index in [1.54, 1.807) is 12.1 Å². The van der Waals surface area contributed by atoms with E-state index in [4.69, 9.17) is 0 Å². The highest BCUT2D eigenvalue weighted by molar-refractivity contribution is 5.27. The van der Waals surface area contributed by atoms with Crippen LogP contribution in [-0.4, -0.2) is 6.36 Å². The van der Waals surface area contributed by atoms with Crippen molar-refractivity contribution in [2.24, 2.45) is 0 Å². The van der Waals surface area contributed by atoms with Gasteiger partial charge in [0, 0.05) is 11.1 Å². The maximum absolute atomic E-state index is 12.1. The van der Waals surface area contributed by atoms with Crippen molar-refractivity contribution in [3.05, 3.63) is 60.2 Å². The Kier molecular flexibility index (Phi) is 4.81. The first kappa shape index (κ1) is 16.1. The summed E-state index contributed by atoms with van der Waals surface area (Å²) in [5.74, 6) is -0.174. The first-order valence-electron chi connectivity index (χ1n) is 6.33. The zero-order valence-corrected chi connectivity index (χ0v) is 14.0. The van der Waals surface area contributed by atoms with E-state index in [1.165, 1.54) is 32.4 Å². The maximum atomic E-state index is 12.1. The average Bonchev–Trinajstić information content (AvgIpc) is 2.34. The largest absolute Gasteiger partial charge is 0.573 e. The van der Waals surface area contributed by atoms with Gasteiger partial charge in [-0.2, -0.15) is 0 Å². The van der Waals surface area contributed by atoms with Crippen LogP contribution in [-0.2, 0) is 0 Å². The number of ether oxygens (including phenoxy) is 1. The van der Waals surface area contributed by atoms with Crippen molar-refractivity contribution in [3.8, 4) is 5.75 Å². The highest BCUT2D eigenvalue weighted by atomic mass is 127. The quantitative estimate of drug-likeness (QED) is 0.704. The molecule has 0 fully saturated rings. The Morgan fingerprint density at radius 2 is 1.43 bits per heavy atom. The lowest BCUT2D eigenvalue weighted by molar-refractivity contribution is -0.598. The number of aryl methyl sites for hydroxylation is 3. The molecule has 2 rings (SSSR count). The molecule has 2 aromatic rings. The first-order chi connectivity index (χ1) is 9.74. The molecule has 1 nitrogen and oxygen atoms in total. The third-order valence-corrected chi connectivity index (χ3v) is 6.41. The van der Waals surface area contributed by atoms with Gasteiger partial charge in [-0.3, -0.25) is 0 Å². The van der Waals surface area contributed by atoms with Crippen molar-refractivity contribution >= 4 is 0 Å². The summed E-state index contributed by atoms with van der Waals surface area (Å²) in [6.07, 6.45) is -4.64. The van der Waals surface area contributed by atoms with Crippen LogP contribution >= 0.6 is 0 Å². The standard InChI is InChI=1S/C16H15F3IO/c1-10-8-11(2)15(12(3)9-10)20-13-4-6-14(7-5-13)21-16(17,18)19/h4-9H,1-3H3/q+1. The van der Waals surface area contributed by atoms with Gasteiger partial charge in [0.1, 0.15) is 5.75 Å². The molecule has 112 valence electrons. The summed E-state index contributed by atoms with van der Waals surface area (Å²) in [5, 5.41) is 0. The molecule has 0 aliphatic carbocycles. The van der Waals surface area contributed by atoms with Crippen LogP contribution in [0.4, 0.5) is 13.2 Å². The summed E-state index contributed by atoms with van der Waals surface area (Å²) in [7, 11) is 0. The van der Waals surface area contributed by atoms with Crippen molar-refractivity contribution in [2.75, 3.05) is 0 Å². The molecule has 0 spiro atoms. The minimum absolute atomic E-state index is 0.174. The maximum Gasteiger partial charge on any atom is 0.573 e. The van der Waals surface area contributed by atoms with Crippen LogP contribution in [0.3, 0.4) is 0 Å². The summed E-state index contributed by atoms with van der Waals surface area (Å²) in [4.78, 5) is 0. The molecule has 21 heavy (non-hydrogen) atoms. The highest BCUT2D eigenvalue weighted by Gasteiger charge is 2.31. The van der Waals surface area contributed by atoms with Crippen molar-refractivity contribution < 1.29 is 39.1 Å². The fourth-order valence-electron chi connectivity index (χ4n) is 2.12. The summed E-state index contributed by atoms with van der Waals surface area (Å²) in [6, 6.07) is 10.5. The molecule has 0 radical (unpaired) electrons. The van der Waals surface area contributed by atoms with E-state index in [9.17, 15) is 13.2 Å². The number of hydrogen-bond donors (Lipinski definition) is 0. The Morgan fingerprint density at radius 3 is 1.90 bits per heavy atom. The molecular formula is C16H15F3IO+. The van der Waals surface area contributed by atoms with E-state index in [0.29, 0.717) is 0 Å². The van der Waals surface area contributed by atoms with Gasteiger partial charge in [-0.25, -0.2) is 0 Å². The second-order valence-electron chi connectivity index (χ2n) is 4.81. The molecule has 5 heteroatoms. The highest BCUT2D eigenvalue weighted by Crippen LogP contribution is 2.21. The minimum atomic E-state index is -4.64. The Hall–Kier alpha value is -1.24. The van der Waals surface area contributed by atoms with Crippen molar-refractivity contribution in [1.29, 1.82) is 0 Å². The number of rotatable bonds is 3. The smallest absolute Gasteiger partial charge is 0.406 e. The fraction of sp³-hybridized carbons (Fsp3) is 0.250. The van der Waals surface area contributed by atoms with Crippen LogP contribution in [0.15, 0.2) is 36.4 Å². The number of hydrogen-bond acceptors (Lipinski definition) is 1. The van der Waals surface area contributed by atoms with Gasteiger partial charge in [0.15, 0.2) is 7.14 Å². The molecule has 0 saturated carbocycles. The van der Waals surface area contributed by atoms with Gasteiger partial charge in [-0.15, -0.1) is 13.2 Å². The molecule has 2 aromatic carbocycles. The van der Waals surface area contributed by atoms with Gasteiger partial charge in [0.05, 0.1) is 0 Å². The van der Waals surface area contributed by atoms with E-state index in [1.807, 2.05) is 0 Å². The Bertz CT molecular complexity index is 610. The molecule has 0 atom stereocenters. The topological polar surface area (TPSA) is 9.23 Å². The zero-order chi connectivity index (χ0) is 15.6. The van der Waals surface area contributed by atoms with Gasteiger partial charge >= 0.3 is 27.6 Å². The van der Waals surface area contributed by atoms with Crippen LogP contribution in [0.25, 0.3) is 0 Å². The van der Waals surface area contributed by atoms with Crippen LogP contribution in [0.2, 0.25) is 0 Å². The molecule has 0 heterocycles. The van der Waals surface area contributed by atoms with Gasteiger partial charge < -0.3 is 4.74 Å². The number of alkyl halides is 3. The Balaban J connectivity index is 2.18. The number of halogens is 4. The second kappa shape index (κ2) is 6.25. The summed E-state index contributed by atoms with van der Waals surface area (Å²) < 4.78 is 42.6. The van der Waals surface area contributed by atoms with E-state index in [0.717, 1.165) is 3.57 Å². The normalized spacial score (nSPS) is 11.5. The summed E-state index contributed by atoms with van der Waals surface area (Å²) in [5.41, 5.74) is 3.72. The molecule has 0 aliphatic rings. The van der Waals surface area contributed by atoms with Crippen LogP contribution in [0, 0.1) is 27.9 Å². The fourth-order valence-corrected chi connectivity index (χ4v) is 4.62. The molecular weight excluding hydrogens is 392 g/mol. The van der Waals surface area contributed by atoms with E-state index < -0.39 is 27.6 Å². The molecule has 0 aliphatic heterocycles. The summed E-state index contributed by atoms with van der Waals surface area (Å²) >= 11 is -0.411. The Morgan fingerprint density at radius 1 is 0.905 bits per heavy atom. The SMILES string of the molecule is Cc1cc(C)c([I+]c2ccc(OC(F)(F)F)cc2)c(C)c1. The lowest BCUT2D eigenvalue weighted by Gasteiger charge is -2.07. The predicted molar refractivity (Wildman–Crippen MR) is 71.2 cm³/mol. The van der Waals surface area contributed by atoms with E-state index in [2.05, 4.69) is 37.6 Å². The second-order valence-corrected chi connectivity index (χ2v) is 7.67. The lowest BCUT2D eigenvalue weighted by Crippen LogP contribution is -3.62. The molecule has 0 saturated heterocycles. The van der Waals surface area contributed by atoms with E-state index >= 15 is 0 Å². The van der Waals surface area contributed by atoms with Crippen LogP contribution in [0.5, 0.6) is 5.75 Å².